The molecule has 1 atom stereocenters. The molecule has 0 spiro atoms. The standard InChI is InChI=1S/C39H25NO/c1-2-9-26(10-3-1)39-40-35-21-19-25-15-16-27-22-28(18-20-31(27)37(25)38(35)41-39)34-23-29-17-14-24-8-4-5-11-30(24)36(29)33-13-7-6-12-32(33)34/h1-23,39-40H. The average molecular weight is 524 g/mol. The minimum absolute atomic E-state index is 0.189. The highest BCUT2D eigenvalue weighted by molar-refractivity contribution is 6.23. The molecule has 8 aromatic carbocycles. The van der Waals surface area contributed by atoms with E-state index in [-0.39, 0.29) is 6.23 Å². The molecule has 1 unspecified atom stereocenters. The monoisotopic (exact) mass is 523 g/mol. The molecule has 8 aromatic rings. The van der Waals surface area contributed by atoms with Crippen LogP contribution in [-0.4, -0.2) is 0 Å². The second kappa shape index (κ2) is 8.58. The summed E-state index contributed by atoms with van der Waals surface area (Å²) in [6.45, 7) is 0. The molecule has 1 aliphatic heterocycles. The Morgan fingerprint density at radius 2 is 1.15 bits per heavy atom. The molecule has 0 aliphatic carbocycles. The van der Waals surface area contributed by atoms with E-state index in [4.69, 9.17) is 4.74 Å². The number of rotatable bonds is 2. The van der Waals surface area contributed by atoms with Crippen LogP contribution < -0.4 is 10.1 Å². The predicted octanol–water partition coefficient (Wildman–Crippen LogP) is 10.6. The Hall–Kier alpha value is -5.34. The van der Waals surface area contributed by atoms with Gasteiger partial charge in [-0.25, -0.2) is 0 Å². The first-order chi connectivity index (χ1) is 20.3. The van der Waals surface area contributed by atoms with Gasteiger partial charge in [-0.05, 0) is 77.8 Å². The number of anilines is 1. The van der Waals surface area contributed by atoms with Crippen LogP contribution in [0.2, 0.25) is 0 Å². The normalized spacial score (nSPS) is 14.5. The van der Waals surface area contributed by atoms with Gasteiger partial charge in [-0.3, -0.25) is 0 Å². The van der Waals surface area contributed by atoms with Gasteiger partial charge in [0.15, 0.2) is 12.0 Å². The lowest BCUT2D eigenvalue weighted by molar-refractivity contribution is 0.263. The number of nitrogens with one attached hydrogen (secondary N) is 1. The van der Waals surface area contributed by atoms with E-state index in [0.717, 1.165) is 22.4 Å². The summed E-state index contributed by atoms with van der Waals surface area (Å²) in [5, 5.41) is 16.0. The van der Waals surface area contributed by atoms with Crippen LogP contribution in [0.25, 0.3) is 65.0 Å². The molecule has 1 N–H and O–H groups in total. The molecule has 0 bridgehead atoms. The molecule has 0 radical (unpaired) electrons. The smallest absolute Gasteiger partial charge is 0.196 e. The van der Waals surface area contributed by atoms with Crippen LogP contribution in [0.4, 0.5) is 5.69 Å². The summed E-state index contributed by atoms with van der Waals surface area (Å²) in [7, 11) is 0. The third-order valence-corrected chi connectivity index (χ3v) is 8.64. The fraction of sp³-hybridized carbons (Fsp3) is 0.0256. The number of hydrogen-bond acceptors (Lipinski definition) is 2. The van der Waals surface area contributed by atoms with Crippen LogP contribution >= 0.6 is 0 Å². The topological polar surface area (TPSA) is 21.3 Å². The summed E-state index contributed by atoms with van der Waals surface area (Å²) in [5.74, 6) is 0.928. The highest BCUT2D eigenvalue weighted by Crippen LogP contribution is 2.46. The average Bonchev–Trinajstić information content (AvgIpc) is 3.49. The van der Waals surface area contributed by atoms with Crippen molar-refractivity contribution in [3.63, 3.8) is 0 Å². The predicted molar refractivity (Wildman–Crippen MR) is 173 cm³/mol. The molecule has 2 nitrogen and oxygen atoms in total. The van der Waals surface area contributed by atoms with Crippen LogP contribution in [0.3, 0.4) is 0 Å². The molecule has 9 rings (SSSR count). The van der Waals surface area contributed by atoms with E-state index in [0.29, 0.717) is 0 Å². The summed E-state index contributed by atoms with van der Waals surface area (Å²) < 4.78 is 6.56. The Bertz CT molecular complexity index is 2320. The van der Waals surface area contributed by atoms with E-state index in [2.05, 4.69) is 139 Å². The first kappa shape index (κ1) is 22.5. The minimum atomic E-state index is -0.189. The Kier molecular flexibility index (Phi) is 4.70. The zero-order valence-electron chi connectivity index (χ0n) is 22.3. The van der Waals surface area contributed by atoms with Crippen LogP contribution in [0.15, 0.2) is 140 Å². The van der Waals surface area contributed by atoms with Crippen molar-refractivity contribution in [3.8, 4) is 16.9 Å². The summed E-state index contributed by atoms with van der Waals surface area (Å²) in [6.07, 6.45) is -0.189. The van der Waals surface area contributed by atoms with Gasteiger partial charge in [0, 0.05) is 10.9 Å². The SMILES string of the molecule is c1ccc(C2Nc3ccc4ccc5cc(-c6cc7ccc8ccccc8c7c7ccccc67)ccc5c4c3O2)cc1. The molecule has 0 fully saturated rings. The van der Waals surface area contributed by atoms with Crippen LogP contribution in [-0.2, 0) is 0 Å². The second-order valence-corrected chi connectivity index (χ2v) is 10.9. The number of ether oxygens (including phenoxy) is 1. The lowest BCUT2D eigenvalue weighted by atomic mass is 9.89. The highest BCUT2D eigenvalue weighted by atomic mass is 16.5. The number of benzene rings is 8. The van der Waals surface area contributed by atoms with E-state index < -0.39 is 0 Å². The van der Waals surface area contributed by atoms with Crippen molar-refractivity contribution >= 4 is 59.5 Å². The molecule has 1 aliphatic rings. The molecule has 192 valence electrons. The van der Waals surface area contributed by atoms with Gasteiger partial charge in [-0.2, -0.15) is 0 Å². The molecular formula is C39H25NO. The molecule has 2 heteroatoms. The molecule has 0 amide bonds. The largest absolute Gasteiger partial charge is 0.464 e. The van der Waals surface area contributed by atoms with E-state index in [1.165, 1.54) is 59.6 Å². The molecular weight excluding hydrogens is 498 g/mol. The zero-order chi connectivity index (χ0) is 26.9. The fourth-order valence-electron chi connectivity index (χ4n) is 6.71. The minimum Gasteiger partial charge on any atom is -0.464 e. The number of hydrogen-bond donors (Lipinski definition) is 1. The van der Waals surface area contributed by atoms with E-state index in [1.54, 1.807) is 0 Å². The molecule has 41 heavy (non-hydrogen) atoms. The molecule has 0 saturated heterocycles. The Morgan fingerprint density at radius 3 is 2.05 bits per heavy atom. The van der Waals surface area contributed by atoms with Crippen molar-refractivity contribution in [1.82, 2.24) is 0 Å². The second-order valence-electron chi connectivity index (χ2n) is 10.9. The van der Waals surface area contributed by atoms with Gasteiger partial charge in [0.2, 0.25) is 0 Å². The van der Waals surface area contributed by atoms with E-state index in [1.807, 2.05) is 6.07 Å². The Balaban J connectivity index is 1.24. The fourth-order valence-corrected chi connectivity index (χ4v) is 6.71. The lowest BCUT2D eigenvalue weighted by Crippen LogP contribution is -2.09. The molecule has 0 saturated carbocycles. The van der Waals surface area contributed by atoms with E-state index in [9.17, 15) is 0 Å². The Morgan fingerprint density at radius 1 is 0.463 bits per heavy atom. The highest BCUT2D eigenvalue weighted by Gasteiger charge is 2.26. The van der Waals surface area contributed by atoms with Gasteiger partial charge in [0.05, 0.1) is 5.69 Å². The van der Waals surface area contributed by atoms with Crippen molar-refractivity contribution in [2.45, 2.75) is 6.23 Å². The first-order valence-corrected chi connectivity index (χ1v) is 14.1. The van der Waals surface area contributed by atoms with Crippen molar-refractivity contribution in [3.05, 3.63) is 145 Å². The maximum atomic E-state index is 6.56. The van der Waals surface area contributed by atoms with E-state index >= 15 is 0 Å². The van der Waals surface area contributed by atoms with Gasteiger partial charge in [-0.1, -0.05) is 121 Å². The summed E-state index contributed by atoms with van der Waals surface area (Å²) in [6, 6.07) is 50.4. The third-order valence-electron chi connectivity index (χ3n) is 8.64. The van der Waals surface area contributed by atoms with Gasteiger partial charge < -0.3 is 10.1 Å². The van der Waals surface area contributed by atoms with Crippen molar-refractivity contribution < 1.29 is 4.74 Å². The van der Waals surface area contributed by atoms with Crippen LogP contribution in [0.5, 0.6) is 5.75 Å². The molecule has 0 aromatic heterocycles. The number of fused-ring (bicyclic) bond motifs is 10. The first-order valence-electron chi connectivity index (χ1n) is 14.1. The lowest BCUT2D eigenvalue weighted by Gasteiger charge is -2.15. The summed E-state index contributed by atoms with van der Waals surface area (Å²) >= 11 is 0. The molecule has 1 heterocycles. The van der Waals surface area contributed by atoms with Crippen molar-refractivity contribution in [2.75, 3.05) is 5.32 Å². The zero-order valence-corrected chi connectivity index (χ0v) is 22.3. The van der Waals surface area contributed by atoms with Crippen molar-refractivity contribution in [2.24, 2.45) is 0 Å². The quantitative estimate of drug-likeness (QED) is 0.228. The van der Waals surface area contributed by atoms with Crippen LogP contribution in [0.1, 0.15) is 11.8 Å². The van der Waals surface area contributed by atoms with Crippen molar-refractivity contribution in [1.29, 1.82) is 0 Å². The third kappa shape index (κ3) is 3.38. The summed E-state index contributed by atoms with van der Waals surface area (Å²) in [5.41, 5.74) is 4.63. The maximum Gasteiger partial charge on any atom is 0.196 e. The maximum absolute atomic E-state index is 6.56. The van der Waals surface area contributed by atoms with Gasteiger partial charge in [0.1, 0.15) is 0 Å². The Labute approximate surface area is 237 Å². The van der Waals surface area contributed by atoms with Gasteiger partial charge >= 0.3 is 0 Å². The summed E-state index contributed by atoms with van der Waals surface area (Å²) in [4.78, 5) is 0. The van der Waals surface area contributed by atoms with Gasteiger partial charge in [0.25, 0.3) is 0 Å². The van der Waals surface area contributed by atoms with Crippen LogP contribution in [0, 0.1) is 0 Å². The van der Waals surface area contributed by atoms with Gasteiger partial charge in [-0.15, -0.1) is 0 Å².